The maximum Gasteiger partial charge on any atom is 0.269 e. The van der Waals surface area contributed by atoms with Gasteiger partial charge < -0.3 is 4.52 Å². The standard InChI is InChI=1S/C15H18N4O5S/c1-10-9-12(19(20)21)5-6-13(10)25(22,23)18-15(7-3-4-8-15)14-16-11(2)24-17-14/h5-6,9,18H,3-4,7-8H2,1-2H3. The monoisotopic (exact) mass is 366 g/mol. The summed E-state index contributed by atoms with van der Waals surface area (Å²) in [6, 6.07) is 3.68. The molecule has 9 nitrogen and oxygen atoms in total. The lowest BCUT2D eigenvalue weighted by molar-refractivity contribution is -0.385. The molecule has 1 aromatic heterocycles. The van der Waals surface area contributed by atoms with Crippen molar-refractivity contribution in [1.29, 1.82) is 0 Å². The number of nitrogens with zero attached hydrogens (tertiary/aromatic N) is 3. The predicted molar refractivity (Wildman–Crippen MR) is 87.3 cm³/mol. The second-order valence-corrected chi connectivity index (χ2v) is 7.89. The third-order valence-corrected chi connectivity index (χ3v) is 6.10. The Hall–Kier alpha value is -2.33. The lowest BCUT2D eigenvalue weighted by Gasteiger charge is -2.26. The van der Waals surface area contributed by atoms with Crippen molar-refractivity contribution in [2.24, 2.45) is 0 Å². The van der Waals surface area contributed by atoms with E-state index in [0.717, 1.165) is 12.8 Å². The lowest BCUT2D eigenvalue weighted by atomic mass is 9.98. The van der Waals surface area contributed by atoms with E-state index in [1.807, 2.05) is 0 Å². The van der Waals surface area contributed by atoms with Crippen molar-refractivity contribution in [3.8, 4) is 0 Å². The smallest absolute Gasteiger partial charge is 0.269 e. The number of rotatable bonds is 5. The van der Waals surface area contributed by atoms with Crippen LogP contribution in [0.2, 0.25) is 0 Å². The molecule has 3 rings (SSSR count). The van der Waals surface area contributed by atoms with Crippen LogP contribution in [0.1, 0.15) is 43.0 Å². The molecule has 1 aromatic carbocycles. The van der Waals surface area contributed by atoms with Gasteiger partial charge in [-0.3, -0.25) is 10.1 Å². The van der Waals surface area contributed by atoms with Gasteiger partial charge in [0.25, 0.3) is 5.69 Å². The molecule has 0 unspecified atom stereocenters. The summed E-state index contributed by atoms with van der Waals surface area (Å²) in [7, 11) is -3.91. The molecule has 1 heterocycles. The number of hydrogen-bond donors (Lipinski definition) is 1. The molecule has 0 saturated heterocycles. The maximum atomic E-state index is 12.9. The Morgan fingerprint density at radius 3 is 2.48 bits per heavy atom. The highest BCUT2D eigenvalue weighted by atomic mass is 32.2. The first-order valence-corrected chi connectivity index (χ1v) is 9.32. The van der Waals surface area contributed by atoms with Gasteiger partial charge in [0.1, 0.15) is 0 Å². The molecule has 25 heavy (non-hydrogen) atoms. The molecule has 0 bridgehead atoms. The Morgan fingerprint density at radius 2 is 1.96 bits per heavy atom. The molecule has 0 spiro atoms. The minimum atomic E-state index is -3.91. The maximum absolute atomic E-state index is 12.9. The molecule has 0 radical (unpaired) electrons. The Balaban J connectivity index is 1.98. The van der Waals surface area contributed by atoms with Gasteiger partial charge in [0.15, 0.2) is 5.82 Å². The van der Waals surface area contributed by atoms with Gasteiger partial charge in [-0.25, -0.2) is 8.42 Å². The summed E-state index contributed by atoms with van der Waals surface area (Å²) < 4.78 is 33.6. The Bertz CT molecular complexity index is 916. The number of benzene rings is 1. The Kier molecular flexibility index (Phi) is 4.33. The highest BCUT2D eigenvalue weighted by Crippen LogP contribution is 2.39. The first kappa shape index (κ1) is 17.5. The van der Waals surface area contributed by atoms with Crippen molar-refractivity contribution < 1.29 is 17.9 Å². The van der Waals surface area contributed by atoms with Gasteiger partial charge in [-0.1, -0.05) is 18.0 Å². The molecule has 1 N–H and O–H groups in total. The number of nitro groups is 1. The van der Waals surface area contributed by atoms with Crippen LogP contribution >= 0.6 is 0 Å². The largest absolute Gasteiger partial charge is 0.340 e. The van der Waals surface area contributed by atoms with Crippen LogP contribution in [-0.2, 0) is 15.6 Å². The zero-order chi connectivity index (χ0) is 18.2. The number of non-ortho nitro benzene ring substituents is 1. The van der Waals surface area contributed by atoms with Crippen molar-refractivity contribution in [2.75, 3.05) is 0 Å². The zero-order valence-electron chi connectivity index (χ0n) is 13.9. The van der Waals surface area contributed by atoms with Gasteiger partial charge in [0.2, 0.25) is 15.9 Å². The Morgan fingerprint density at radius 1 is 1.28 bits per heavy atom. The topological polar surface area (TPSA) is 128 Å². The number of hydrogen-bond acceptors (Lipinski definition) is 7. The highest BCUT2D eigenvalue weighted by molar-refractivity contribution is 7.89. The quantitative estimate of drug-likeness (QED) is 0.635. The second kappa shape index (κ2) is 6.19. The number of nitrogens with one attached hydrogen (secondary N) is 1. The van der Waals surface area contributed by atoms with Crippen LogP contribution in [0.4, 0.5) is 5.69 Å². The van der Waals surface area contributed by atoms with Crippen LogP contribution in [0.3, 0.4) is 0 Å². The fraction of sp³-hybridized carbons (Fsp3) is 0.467. The van der Waals surface area contributed by atoms with Crippen molar-refractivity contribution in [2.45, 2.75) is 50.0 Å². The minimum Gasteiger partial charge on any atom is -0.340 e. The second-order valence-electron chi connectivity index (χ2n) is 6.24. The summed E-state index contributed by atoms with van der Waals surface area (Å²) in [4.78, 5) is 14.5. The molecule has 1 fully saturated rings. The van der Waals surface area contributed by atoms with Crippen LogP contribution < -0.4 is 4.72 Å². The number of sulfonamides is 1. The summed E-state index contributed by atoms with van der Waals surface area (Å²) in [5.74, 6) is 0.692. The summed E-state index contributed by atoms with van der Waals surface area (Å²) in [5.41, 5.74) is -0.759. The first-order valence-electron chi connectivity index (χ1n) is 7.83. The van der Waals surface area contributed by atoms with Crippen molar-refractivity contribution in [3.63, 3.8) is 0 Å². The fourth-order valence-corrected chi connectivity index (χ4v) is 4.85. The van der Waals surface area contributed by atoms with E-state index in [1.54, 1.807) is 6.92 Å². The summed E-state index contributed by atoms with van der Waals surface area (Å²) >= 11 is 0. The molecule has 0 aliphatic heterocycles. The molecule has 0 atom stereocenters. The number of nitro benzene ring substituents is 1. The highest BCUT2D eigenvalue weighted by Gasteiger charge is 2.43. The average Bonchev–Trinajstić information content (AvgIpc) is 3.16. The van der Waals surface area contributed by atoms with E-state index in [1.165, 1.54) is 25.1 Å². The first-order chi connectivity index (χ1) is 11.7. The fourth-order valence-electron chi connectivity index (χ4n) is 3.20. The van der Waals surface area contributed by atoms with E-state index < -0.39 is 20.5 Å². The molecule has 2 aromatic rings. The molecule has 134 valence electrons. The van der Waals surface area contributed by atoms with E-state index in [0.29, 0.717) is 30.1 Å². The summed E-state index contributed by atoms with van der Waals surface area (Å²) in [5, 5.41) is 14.7. The SMILES string of the molecule is Cc1nc(C2(NS(=O)(=O)c3ccc([N+](=O)[O-])cc3C)CCCC2)no1. The van der Waals surface area contributed by atoms with Crippen LogP contribution in [-0.4, -0.2) is 23.5 Å². The van der Waals surface area contributed by atoms with E-state index in [4.69, 9.17) is 4.52 Å². The van der Waals surface area contributed by atoms with Crippen molar-refractivity contribution >= 4 is 15.7 Å². The van der Waals surface area contributed by atoms with E-state index in [2.05, 4.69) is 14.9 Å². The summed E-state index contributed by atoms with van der Waals surface area (Å²) in [6.07, 6.45) is 2.82. The average molecular weight is 366 g/mol. The van der Waals surface area contributed by atoms with Crippen LogP contribution in [0, 0.1) is 24.0 Å². The van der Waals surface area contributed by atoms with Crippen LogP contribution in [0.15, 0.2) is 27.6 Å². The van der Waals surface area contributed by atoms with Crippen LogP contribution in [0.25, 0.3) is 0 Å². The third kappa shape index (κ3) is 3.27. The molecular formula is C15H18N4O5S. The van der Waals surface area contributed by atoms with Crippen molar-refractivity contribution in [1.82, 2.24) is 14.9 Å². The molecular weight excluding hydrogens is 348 g/mol. The molecule has 10 heteroatoms. The molecule has 1 saturated carbocycles. The summed E-state index contributed by atoms with van der Waals surface area (Å²) in [6.45, 7) is 3.18. The minimum absolute atomic E-state index is 0.00425. The lowest BCUT2D eigenvalue weighted by Crippen LogP contribution is -2.44. The predicted octanol–water partition coefficient (Wildman–Crippen LogP) is 2.34. The van der Waals surface area contributed by atoms with E-state index in [9.17, 15) is 18.5 Å². The third-order valence-electron chi connectivity index (χ3n) is 4.40. The van der Waals surface area contributed by atoms with Crippen LogP contribution in [0.5, 0.6) is 0 Å². The molecule has 0 amide bonds. The normalized spacial score (nSPS) is 16.9. The molecule has 1 aliphatic rings. The van der Waals surface area contributed by atoms with Gasteiger partial charge in [0.05, 0.1) is 15.4 Å². The van der Waals surface area contributed by atoms with Gasteiger partial charge in [-0.15, -0.1) is 0 Å². The molecule has 1 aliphatic carbocycles. The van der Waals surface area contributed by atoms with Gasteiger partial charge in [-0.05, 0) is 31.4 Å². The van der Waals surface area contributed by atoms with Gasteiger partial charge in [-0.2, -0.15) is 9.71 Å². The number of aromatic nitrogens is 2. The van der Waals surface area contributed by atoms with E-state index >= 15 is 0 Å². The van der Waals surface area contributed by atoms with Crippen molar-refractivity contribution in [3.05, 3.63) is 45.6 Å². The zero-order valence-corrected chi connectivity index (χ0v) is 14.7. The Labute approximate surface area is 144 Å². The van der Waals surface area contributed by atoms with E-state index in [-0.39, 0.29) is 10.6 Å². The van der Waals surface area contributed by atoms with Gasteiger partial charge >= 0.3 is 0 Å². The van der Waals surface area contributed by atoms with Gasteiger partial charge in [0, 0.05) is 19.1 Å². The number of aryl methyl sites for hydroxylation is 2.